The summed E-state index contributed by atoms with van der Waals surface area (Å²) in [4.78, 5) is 22.8. The van der Waals surface area contributed by atoms with Gasteiger partial charge in [0, 0.05) is 13.1 Å². The predicted molar refractivity (Wildman–Crippen MR) is 102 cm³/mol. The van der Waals surface area contributed by atoms with Crippen molar-refractivity contribution in [3.63, 3.8) is 0 Å². The Balaban J connectivity index is -0.000000245. The van der Waals surface area contributed by atoms with Crippen molar-refractivity contribution >= 4 is 11.6 Å². The summed E-state index contributed by atoms with van der Waals surface area (Å²) in [5, 5.41) is 6.06. The molecule has 2 aliphatic carbocycles. The van der Waals surface area contributed by atoms with Gasteiger partial charge in [-0.05, 0) is 12.4 Å². The zero-order valence-electron chi connectivity index (χ0n) is 16.8. The molecule has 0 saturated heterocycles. The van der Waals surface area contributed by atoms with Crippen molar-refractivity contribution in [1.82, 2.24) is 10.6 Å². The van der Waals surface area contributed by atoms with Gasteiger partial charge in [-0.2, -0.15) is 36.5 Å². The van der Waals surface area contributed by atoms with Crippen molar-refractivity contribution in [1.29, 1.82) is 0 Å². The monoisotopic (exact) mass is 372 g/mol. The number of carbonyl (C=O) groups excluding carboxylic acids is 2. The van der Waals surface area contributed by atoms with Gasteiger partial charge in [-0.3, -0.25) is 0 Å². The molecule has 0 bridgehead atoms. The van der Waals surface area contributed by atoms with E-state index in [1.807, 2.05) is 0 Å². The second-order valence-electron chi connectivity index (χ2n) is 4.12. The number of hydrogen-bond donors (Lipinski definition) is 2. The van der Waals surface area contributed by atoms with Crippen LogP contribution in [0.1, 0.15) is 0 Å². The van der Waals surface area contributed by atoms with E-state index in [2.05, 4.69) is 22.8 Å². The standard InChI is InChI=1S/C16H14N2O2.4CH3.2Na/c19-15-7-3-1-5-13(15)11-17-9-10-18-12-14-6-2-4-8-16(14)20;;;;;;/h3-8,11-12,17-18H,9-10H2;4*1H3;;/q-2;4*-1;2*+1. The first-order chi connectivity index (χ1) is 9.77. The quantitative estimate of drug-likeness (QED) is 0.230. The van der Waals surface area contributed by atoms with Crippen LogP contribution in [0, 0.1) is 41.9 Å². The molecule has 0 atom stereocenters. The molecule has 2 N–H and O–H groups in total. The topological polar surface area (TPSA) is 58.2 Å². The molecule has 134 valence electrons. The summed E-state index contributed by atoms with van der Waals surface area (Å²) in [5.41, 5.74) is 1.16. The third kappa shape index (κ3) is 12.7. The number of allylic oxidation sites excluding steroid dienone is 10. The van der Waals surface area contributed by atoms with Crippen molar-refractivity contribution in [3.8, 4) is 0 Å². The molecular formula is C20H26N2Na2O2-4. The minimum absolute atomic E-state index is 0. The fourth-order valence-corrected chi connectivity index (χ4v) is 1.59. The molecule has 0 amide bonds. The van der Waals surface area contributed by atoms with Crippen LogP contribution < -0.4 is 69.7 Å². The molecule has 0 aromatic rings. The van der Waals surface area contributed by atoms with Crippen LogP contribution in [-0.2, 0) is 9.59 Å². The van der Waals surface area contributed by atoms with Crippen molar-refractivity contribution in [2.24, 2.45) is 0 Å². The zero-order valence-corrected chi connectivity index (χ0v) is 20.8. The molecule has 26 heavy (non-hydrogen) atoms. The molecule has 0 aromatic carbocycles. The Kier molecular flexibility index (Phi) is 28.9. The van der Waals surface area contributed by atoms with E-state index in [1.165, 1.54) is 12.2 Å². The Bertz CT molecular complexity index is 535. The van der Waals surface area contributed by atoms with Crippen LogP contribution in [0.3, 0.4) is 0 Å². The molecule has 0 heterocycles. The van der Waals surface area contributed by atoms with Crippen LogP contribution >= 0.6 is 0 Å². The van der Waals surface area contributed by atoms with Crippen LogP contribution in [0.4, 0.5) is 0 Å². The Morgan fingerprint density at radius 3 is 1.38 bits per heavy atom. The molecule has 2 rings (SSSR count). The number of rotatable bonds is 5. The Hall–Kier alpha value is -0.620. The van der Waals surface area contributed by atoms with Gasteiger partial charge < -0.3 is 49.9 Å². The van der Waals surface area contributed by atoms with Gasteiger partial charge in [0.15, 0.2) is 0 Å². The largest absolute Gasteiger partial charge is 1.00 e. The maximum absolute atomic E-state index is 11.4. The van der Waals surface area contributed by atoms with E-state index in [1.54, 1.807) is 36.7 Å². The van der Waals surface area contributed by atoms with E-state index in [9.17, 15) is 9.59 Å². The van der Waals surface area contributed by atoms with Crippen LogP contribution in [0.25, 0.3) is 0 Å². The Morgan fingerprint density at radius 2 is 1.08 bits per heavy atom. The van der Waals surface area contributed by atoms with Crippen LogP contribution in [0.2, 0.25) is 0 Å². The van der Waals surface area contributed by atoms with Crippen molar-refractivity contribution in [2.45, 2.75) is 0 Å². The smallest absolute Gasteiger partial charge is 0.399 e. The first-order valence-corrected chi connectivity index (χ1v) is 6.25. The first-order valence-electron chi connectivity index (χ1n) is 6.25. The van der Waals surface area contributed by atoms with E-state index in [0.29, 0.717) is 24.2 Å². The number of ketones is 2. The van der Waals surface area contributed by atoms with E-state index in [0.717, 1.165) is 0 Å². The van der Waals surface area contributed by atoms with Crippen molar-refractivity contribution in [3.05, 3.63) is 102 Å². The minimum Gasteiger partial charge on any atom is -0.399 e. The normalized spacial score (nSPS) is 16.2. The van der Waals surface area contributed by atoms with Gasteiger partial charge in [0.2, 0.25) is 0 Å². The van der Waals surface area contributed by atoms with Gasteiger partial charge in [-0.25, -0.2) is 0 Å². The maximum Gasteiger partial charge on any atom is 1.00 e. The summed E-state index contributed by atoms with van der Waals surface area (Å²) >= 11 is 0. The average Bonchev–Trinajstić information content (AvgIpc) is 2.46. The summed E-state index contributed by atoms with van der Waals surface area (Å²) in [6, 6.07) is 0. The van der Waals surface area contributed by atoms with E-state index in [4.69, 9.17) is 0 Å². The van der Waals surface area contributed by atoms with Crippen LogP contribution in [0.15, 0.2) is 60.0 Å². The number of carbonyl (C=O) groups is 2. The molecular weight excluding hydrogens is 346 g/mol. The molecule has 0 spiro atoms. The van der Waals surface area contributed by atoms with Gasteiger partial charge in [0.25, 0.3) is 0 Å². The first kappa shape index (κ1) is 36.3. The third-order valence-electron chi connectivity index (χ3n) is 2.64. The number of nitrogens with one attached hydrogen (secondary N) is 2. The second kappa shape index (κ2) is 20.7. The van der Waals surface area contributed by atoms with E-state index >= 15 is 0 Å². The molecule has 0 radical (unpaired) electrons. The van der Waals surface area contributed by atoms with Gasteiger partial charge in [0.05, 0.1) is 11.6 Å². The van der Waals surface area contributed by atoms with Gasteiger partial charge in [-0.15, -0.1) is 12.2 Å². The number of hydrogen-bond acceptors (Lipinski definition) is 4. The van der Waals surface area contributed by atoms with Gasteiger partial charge in [-0.1, -0.05) is 11.1 Å². The van der Waals surface area contributed by atoms with Crippen molar-refractivity contribution in [2.75, 3.05) is 13.1 Å². The van der Waals surface area contributed by atoms with Crippen LogP contribution in [-0.4, -0.2) is 24.7 Å². The summed E-state index contributed by atoms with van der Waals surface area (Å²) in [7, 11) is 0. The molecule has 0 saturated carbocycles. The molecule has 2 aliphatic rings. The van der Waals surface area contributed by atoms with Crippen LogP contribution in [0.5, 0.6) is 0 Å². The Morgan fingerprint density at radius 1 is 0.731 bits per heavy atom. The van der Waals surface area contributed by atoms with E-state index in [-0.39, 0.29) is 100 Å². The molecule has 4 nitrogen and oxygen atoms in total. The summed E-state index contributed by atoms with van der Waals surface area (Å²) in [6.45, 7) is 1.27. The Labute approximate surface area is 204 Å². The third-order valence-corrected chi connectivity index (χ3v) is 2.64. The SMILES string of the molecule is O=C1C=C[C-]=CC1=CNCCNC=C1C=[C-]C=CC1=O.[CH3-].[CH3-].[CH3-].[CH3-].[Na+].[Na+]. The summed E-state index contributed by atoms with van der Waals surface area (Å²) < 4.78 is 0. The zero-order chi connectivity index (χ0) is 14.2. The molecule has 0 unspecified atom stereocenters. The van der Waals surface area contributed by atoms with Gasteiger partial charge >= 0.3 is 59.1 Å². The maximum atomic E-state index is 11.4. The molecule has 0 aliphatic heterocycles. The minimum atomic E-state index is -0.0356. The van der Waals surface area contributed by atoms with Crippen molar-refractivity contribution < 1.29 is 68.7 Å². The second-order valence-corrected chi connectivity index (χ2v) is 4.12. The summed E-state index contributed by atoms with van der Waals surface area (Å²) in [6.07, 6.45) is 18.4. The van der Waals surface area contributed by atoms with Gasteiger partial charge in [0.1, 0.15) is 0 Å². The van der Waals surface area contributed by atoms with E-state index < -0.39 is 0 Å². The average molecular weight is 372 g/mol. The molecule has 0 fully saturated rings. The molecule has 6 heteroatoms. The molecule has 0 aromatic heterocycles. The predicted octanol–water partition coefficient (Wildman–Crippen LogP) is -3.26. The summed E-state index contributed by atoms with van der Waals surface area (Å²) in [5.74, 6) is -0.0711. The fraction of sp³-hybridized carbons (Fsp3) is 0.100. The fourth-order valence-electron chi connectivity index (χ4n) is 1.59.